The number of benzene rings is 1. The van der Waals surface area contributed by atoms with Gasteiger partial charge in [0.05, 0.1) is 6.26 Å². The smallest absolute Gasteiger partial charge is 0.253 e. The molecule has 0 aliphatic carbocycles. The molecule has 0 spiro atoms. The summed E-state index contributed by atoms with van der Waals surface area (Å²) in [4.78, 5) is 14.9. The Morgan fingerprint density at radius 3 is 2.66 bits per heavy atom. The summed E-state index contributed by atoms with van der Waals surface area (Å²) in [6.45, 7) is 8.42. The van der Waals surface area contributed by atoms with E-state index in [4.69, 9.17) is 4.74 Å². The maximum Gasteiger partial charge on any atom is 0.253 e. The lowest BCUT2D eigenvalue weighted by Gasteiger charge is -2.36. The van der Waals surface area contributed by atoms with Crippen LogP contribution in [0, 0.1) is 5.92 Å². The van der Waals surface area contributed by atoms with Crippen molar-refractivity contribution in [3.8, 4) is 0 Å². The summed E-state index contributed by atoms with van der Waals surface area (Å²) in [5.41, 5.74) is 2.03. The zero-order valence-electron chi connectivity index (χ0n) is 19.8. The molecule has 0 radical (unpaired) electrons. The summed E-state index contributed by atoms with van der Waals surface area (Å²) in [7, 11) is -3.08. The highest BCUT2D eigenvalue weighted by molar-refractivity contribution is 7.88. The van der Waals surface area contributed by atoms with Gasteiger partial charge in [-0.1, -0.05) is 19.1 Å². The van der Waals surface area contributed by atoms with Gasteiger partial charge in [0.15, 0.2) is 0 Å². The first-order valence-corrected chi connectivity index (χ1v) is 13.8. The van der Waals surface area contributed by atoms with Gasteiger partial charge in [0, 0.05) is 38.0 Å². The zero-order chi connectivity index (χ0) is 23.1. The maximum atomic E-state index is 12.4. The zero-order valence-corrected chi connectivity index (χ0v) is 20.6. The van der Waals surface area contributed by atoms with Crippen molar-refractivity contribution in [1.29, 1.82) is 0 Å². The number of anilines is 1. The van der Waals surface area contributed by atoms with Crippen LogP contribution in [0.3, 0.4) is 0 Å². The molecule has 7 nitrogen and oxygen atoms in total. The third kappa shape index (κ3) is 7.27. The van der Waals surface area contributed by atoms with Crippen molar-refractivity contribution in [3.05, 3.63) is 29.8 Å². The summed E-state index contributed by atoms with van der Waals surface area (Å²) < 4.78 is 30.6. The van der Waals surface area contributed by atoms with Crippen molar-refractivity contribution in [2.24, 2.45) is 5.92 Å². The molecule has 2 atom stereocenters. The molecule has 180 valence electrons. The monoisotopic (exact) mass is 465 g/mol. The van der Waals surface area contributed by atoms with E-state index in [1.165, 1.54) is 11.8 Å². The molecular formula is C24H39N3O4S. The lowest BCUT2D eigenvalue weighted by molar-refractivity contribution is -0.124. The number of sulfonamides is 1. The molecule has 2 aliphatic rings. The average molecular weight is 466 g/mol. The number of piperidine rings is 1. The van der Waals surface area contributed by atoms with E-state index in [1.807, 2.05) is 12.1 Å². The van der Waals surface area contributed by atoms with E-state index in [1.54, 1.807) is 4.31 Å². The van der Waals surface area contributed by atoms with E-state index in [-0.39, 0.29) is 12.0 Å². The Hall–Kier alpha value is -1.48. The second-order valence-electron chi connectivity index (χ2n) is 9.34. The van der Waals surface area contributed by atoms with Crippen molar-refractivity contribution in [2.75, 3.05) is 44.4 Å². The van der Waals surface area contributed by atoms with Crippen molar-refractivity contribution in [2.45, 2.75) is 64.5 Å². The highest BCUT2D eigenvalue weighted by atomic mass is 32.2. The number of amides is 1. The summed E-state index contributed by atoms with van der Waals surface area (Å²) >= 11 is 0. The lowest BCUT2D eigenvalue weighted by Crippen LogP contribution is -2.44. The van der Waals surface area contributed by atoms with Gasteiger partial charge in [-0.2, -0.15) is 0 Å². The molecule has 2 heterocycles. The normalized spacial score (nSPS) is 21.7. The minimum atomic E-state index is -3.08. The highest BCUT2D eigenvalue weighted by Crippen LogP contribution is 2.23. The quantitative estimate of drug-likeness (QED) is 0.574. The Balaban J connectivity index is 1.55. The van der Waals surface area contributed by atoms with Crippen molar-refractivity contribution in [3.63, 3.8) is 0 Å². The van der Waals surface area contributed by atoms with E-state index in [0.717, 1.165) is 57.3 Å². The summed E-state index contributed by atoms with van der Waals surface area (Å²) in [6, 6.07) is 8.48. The fraction of sp³-hybridized carbons (Fsp3) is 0.708. The molecule has 8 heteroatoms. The van der Waals surface area contributed by atoms with Crippen LogP contribution in [0.4, 0.5) is 5.69 Å². The summed E-state index contributed by atoms with van der Waals surface area (Å²) in [5, 5.41) is 3.00. The predicted octanol–water partition coefficient (Wildman–Crippen LogP) is 3.12. The van der Waals surface area contributed by atoms with Gasteiger partial charge < -0.3 is 15.0 Å². The second-order valence-corrected chi connectivity index (χ2v) is 11.3. The van der Waals surface area contributed by atoms with Crippen LogP contribution in [0.2, 0.25) is 0 Å². The largest absolute Gasteiger partial charge is 0.368 e. The summed E-state index contributed by atoms with van der Waals surface area (Å²) in [6.07, 6.45) is 6.54. The van der Waals surface area contributed by atoms with Crippen LogP contribution in [0.1, 0.15) is 51.5 Å². The first-order chi connectivity index (χ1) is 15.3. The Labute approximate surface area is 193 Å². The van der Waals surface area contributed by atoms with Crippen LogP contribution >= 0.6 is 0 Å². The van der Waals surface area contributed by atoms with Crippen LogP contribution in [0.5, 0.6) is 0 Å². The molecule has 0 bridgehead atoms. The minimum Gasteiger partial charge on any atom is -0.368 e. The third-order valence-corrected chi connectivity index (χ3v) is 7.92. The molecule has 0 aromatic heterocycles. The Morgan fingerprint density at radius 1 is 1.28 bits per heavy atom. The van der Waals surface area contributed by atoms with E-state index in [9.17, 15) is 13.2 Å². The van der Waals surface area contributed by atoms with Gasteiger partial charge in [-0.3, -0.25) is 4.79 Å². The van der Waals surface area contributed by atoms with Gasteiger partial charge in [-0.25, -0.2) is 12.7 Å². The number of hydrogen-bond acceptors (Lipinski definition) is 5. The van der Waals surface area contributed by atoms with Gasteiger partial charge in [0.1, 0.15) is 6.10 Å². The molecule has 0 saturated carbocycles. The number of carbonyl (C=O) groups is 1. The Kier molecular flexibility index (Phi) is 9.11. The Bertz CT molecular complexity index is 847. The molecule has 32 heavy (non-hydrogen) atoms. The van der Waals surface area contributed by atoms with Gasteiger partial charge in [-0.05, 0) is 75.6 Å². The number of rotatable bonds is 10. The molecule has 1 unspecified atom stereocenters. The van der Waals surface area contributed by atoms with Gasteiger partial charge >= 0.3 is 0 Å². The molecule has 2 aliphatic heterocycles. The van der Waals surface area contributed by atoms with Gasteiger partial charge in [0.2, 0.25) is 10.0 Å². The Morgan fingerprint density at radius 2 is 2.03 bits per heavy atom. The standard InChI is InChI=1S/C24H39N3O4S/c1-4-12-26(18-20-10-13-27(14-11-20)32(3,29)30)19(2)16-21-7-5-8-22(17-21)25-24(28)23-9-6-15-31-23/h5,7-8,17,19-20,23H,4,6,9-16,18H2,1-3H3,(H,25,28)/t19?,23-/m0/s1. The topological polar surface area (TPSA) is 79.0 Å². The molecule has 1 amide bonds. The molecule has 1 aromatic carbocycles. The average Bonchev–Trinajstić information content (AvgIpc) is 3.28. The van der Waals surface area contributed by atoms with Crippen molar-refractivity contribution in [1.82, 2.24) is 9.21 Å². The van der Waals surface area contributed by atoms with Crippen LogP contribution in [-0.4, -0.2) is 74.7 Å². The first kappa shape index (κ1) is 25.1. The van der Waals surface area contributed by atoms with Crippen LogP contribution in [0.15, 0.2) is 24.3 Å². The number of nitrogens with one attached hydrogen (secondary N) is 1. The minimum absolute atomic E-state index is 0.0549. The molecule has 2 saturated heterocycles. The van der Waals surface area contributed by atoms with Crippen LogP contribution in [0.25, 0.3) is 0 Å². The fourth-order valence-corrected chi connectivity index (χ4v) is 5.66. The second kappa shape index (κ2) is 11.6. The number of ether oxygens (including phenoxy) is 1. The number of hydrogen-bond donors (Lipinski definition) is 1. The third-order valence-electron chi connectivity index (χ3n) is 6.62. The van der Waals surface area contributed by atoms with Crippen molar-refractivity contribution >= 4 is 21.6 Å². The first-order valence-electron chi connectivity index (χ1n) is 12.0. The SMILES string of the molecule is CCCN(CC1CCN(S(C)(=O)=O)CC1)C(C)Cc1cccc(NC(=O)[C@@H]2CCCO2)c1. The predicted molar refractivity (Wildman–Crippen MR) is 128 cm³/mol. The van der Waals surface area contributed by atoms with Crippen LogP contribution < -0.4 is 5.32 Å². The number of carbonyl (C=O) groups excluding carboxylic acids is 1. The van der Waals surface area contributed by atoms with E-state index in [0.29, 0.717) is 31.7 Å². The molecule has 2 fully saturated rings. The fourth-order valence-electron chi connectivity index (χ4n) is 4.79. The molecular weight excluding hydrogens is 426 g/mol. The van der Waals surface area contributed by atoms with Gasteiger partial charge in [0.25, 0.3) is 5.91 Å². The lowest BCUT2D eigenvalue weighted by atomic mass is 9.96. The van der Waals surface area contributed by atoms with Crippen LogP contribution in [-0.2, 0) is 26.0 Å². The van der Waals surface area contributed by atoms with Gasteiger partial charge in [-0.15, -0.1) is 0 Å². The summed E-state index contributed by atoms with van der Waals surface area (Å²) in [5.74, 6) is 0.472. The van der Waals surface area contributed by atoms with E-state index < -0.39 is 10.0 Å². The van der Waals surface area contributed by atoms with Crippen molar-refractivity contribution < 1.29 is 17.9 Å². The van der Waals surface area contributed by atoms with E-state index in [2.05, 4.69) is 36.2 Å². The van der Waals surface area contributed by atoms with E-state index >= 15 is 0 Å². The molecule has 1 N–H and O–H groups in total. The highest BCUT2D eigenvalue weighted by Gasteiger charge is 2.27. The maximum absolute atomic E-state index is 12.4. The number of nitrogens with zero attached hydrogens (tertiary/aromatic N) is 2. The molecule has 1 aromatic rings. The molecule has 3 rings (SSSR count).